The van der Waals surface area contributed by atoms with Gasteiger partial charge >= 0.3 is 0 Å². The zero-order valence-electron chi connectivity index (χ0n) is 3.82. The summed E-state index contributed by atoms with van der Waals surface area (Å²) < 4.78 is -0.135. The maximum atomic E-state index is 5.54. The first-order chi connectivity index (χ1) is 3.06. The van der Waals surface area contributed by atoms with Crippen molar-refractivity contribution in [3.8, 4) is 0 Å². The van der Waals surface area contributed by atoms with Gasteiger partial charge in [-0.3, -0.25) is 0 Å². The Morgan fingerprint density at radius 3 is 1.86 bits per heavy atom. The molecule has 0 bridgehead atoms. The van der Waals surface area contributed by atoms with Crippen molar-refractivity contribution in [1.82, 2.24) is 0 Å². The van der Waals surface area contributed by atoms with Crippen molar-refractivity contribution in [2.75, 3.05) is 6.54 Å². The van der Waals surface area contributed by atoms with Crippen molar-refractivity contribution >= 4 is 45.2 Å². The Morgan fingerprint density at radius 2 is 1.86 bits per heavy atom. The molecular weight excluding hydrogens is 318 g/mol. The molecule has 0 saturated carbocycles. The molecule has 2 nitrogen and oxygen atoms in total. The van der Waals surface area contributed by atoms with E-state index in [4.69, 9.17) is 11.5 Å². The number of hydrogen-bond donors (Lipinski definition) is 2. The van der Waals surface area contributed by atoms with Gasteiger partial charge in [-0.1, -0.05) is 0 Å². The molecule has 7 heavy (non-hydrogen) atoms. The summed E-state index contributed by atoms with van der Waals surface area (Å²) >= 11 is 4.32. The Bertz CT molecular complexity index is 49.4. The molecule has 4 N–H and O–H groups in total. The van der Waals surface area contributed by atoms with Gasteiger partial charge in [0.2, 0.25) is 0 Å². The summed E-state index contributed by atoms with van der Waals surface area (Å²) in [6.07, 6.45) is 0.869. The number of halogens is 2. The second-order valence-electron chi connectivity index (χ2n) is 1.30. The Balaban J connectivity index is 3.15. The standard InChI is InChI=1S/C3H8I2N2/c4-3(5,7)1-2-6/h1-2,6-7H2. The van der Waals surface area contributed by atoms with Gasteiger partial charge in [0.15, 0.2) is 0 Å². The Labute approximate surface area is 70.7 Å². The van der Waals surface area contributed by atoms with Crippen LogP contribution in [0.5, 0.6) is 0 Å². The Kier molecular flexibility index (Phi) is 4.09. The molecule has 0 radical (unpaired) electrons. The van der Waals surface area contributed by atoms with Crippen LogP contribution in [-0.4, -0.2) is 8.10 Å². The minimum atomic E-state index is -0.135. The molecule has 0 aromatic carbocycles. The van der Waals surface area contributed by atoms with Crippen LogP contribution in [0.15, 0.2) is 0 Å². The zero-order valence-corrected chi connectivity index (χ0v) is 8.14. The predicted molar refractivity (Wildman–Crippen MR) is 48.6 cm³/mol. The molecule has 0 unspecified atom stereocenters. The van der Waals surface area contributed by atoms with Crippen molar-refractivity contribution in [3.63, 3.8) is 0 Å². The number of rotatable bonds is 2. The molecule has 0 spiro atoms. The average molecular weight is 326 g/mol. The fourth-order valence-corrected chi connectivity index (χ4v) is 0.815. The lowest BCUT2D eigenvalue weighted by Gasteiger charge is -2.10. The first kappa shape index (κ1) is 8.38. The van der Waals surface area contributed by atoms with Crippen LogP contribution in [0.2, 0.25) is 0 Å². The Morgan fingerprint density at radius 1 is 1.43 bits per heavy atom. The maximum absolute atomic E-state index is 5.54. The lowest BCUT2D eigenvalue weighted by Crippen LogP contribution is -2.26. The quantitative estimate of drug-likeness (QED) is 0.448. The molecule has 0 aliphatic heterocycles. The molecule has 0 aliphatic carbocycles. The highest BCUT2D eigenvalue weighted by Crippen LogP contribution is 2.22. The van der Waals surface area contributed by atoms with Crippen LogP contribution < -0.4 is 11.5 Å². The van der Waals surface area contributed by atoms with E-state index in [1.54, 1.807) is 0 Å². The molecule has 4 heteroatoms. The highest BCUT2D eigenvalue weighted by atomic mass is 127. The fraction of sp³-hybridized carbons (Fsp3) is 1.00. The molecule has 0 fully saturated rings. The largest absolute Gasteiger partial charge is 0.330 e. The van der Waals surface area contributed by atoms with Gasteiger partial charge < -0.3 is 11.5 Å². The normalized spacial score (nSPS) is 12.0. The van der Waals surface area contributed by atoms with Gasteiger partial charge in [-0.05, 0) is 58.1 Å². The molecule has 0 aromatic rings. The van der Waals surface area contributed by atoms with E-state index in [1.807, 2.05) is 0 Å². The first-order valence-corrected chi connectivity index (χ1v) is 4.09. The van der Waals surface area contributed by atoms with Crippen molar-refractivity contribution in [2.24, 2.45) is 11.5 Å². The highest BCUT2D eigenvalue weighted by Gasteiger charge is 2.11. The minimum absolute atomic E-state index is 0.135. The van der Waals surface area contributed by atoms with Gasteiger partial charge in [0, 0.05) is 0 Å². The van der Waals surface area contributed by atoms with E-state index >= 15 is 0 Å². The van der Waals surface area contributed by atoms with Crippen molar-refractivity contribution < 1.29 is 0 Å². The number of hydrogen-bond acceptors (Lipinski definition) is 2. The SMILES string of the molecule is NCCC(N)(I)I. The third kappa shape index (κ3) is 7.38. The van der Waals surface area contributed by atoms with Gasteiger partial charge in [0.1, 0.15) is 1.55 Å². The van der Waals surface area contributed by atoms with Crippen LogP contribution in [0, 0.1) is 0 Å². The van der Waals surface area contributed by atoms with Gasteiger partial charge in [-0.2, -0.15) is 0 Å². The first-order valence-electron chi connectivity index (χ1n) is 1.93. The number of nitrogens with two attached hydrogens (primary N) is 2. The van der Waals surface area contributed by atoms with Gasteiger partial charge in [-0.25, -0.2) is 0 Å². The summed E-state index contributed by atoms with van der Waals surface area (Å²) in [5.41, 5.74) is 10.8. The van der Waals surface area contributed by atoms with E-state index in [9.17, 15) is 0 Å². The highest BCUT2D eigenvalue weighted by molar-refractivity contribution is 14.2. The molecule has 0 atom stereocenters. The summed E-state index contributed by atoms with van der Waals surface area (Å²) in [6.45, 7) is 0.669. The van der Waals surface area contributed by atoms with Crippen LogP contribution >= 0.6 is 45.2 Å². The maximum Gasteiger partial charge on any atom is 0.121 e. The van der Waals surface area contributed by atoms with Crippen LogP contribution in [-0.2, 0) is 0 Å². The van der Waals surface area contributed by atoms with E-state index in [-0.39, 0.29) is 1.55 Å². The lowest BCUT2D eigenvalue weighted by molar-refractivity contribution is 0.802. The lowest BCUT2D eigenvalue weighted by atomic mass is 10.4. The molecule has 0 aliphatic rings. The minimum Gasteiger partial charge on any atom is -0.330 e. The third-order valence-electron chi connectivity index (χ3n) is 0.478. The van der Waals surface area contributed by atoms with Crippen molar-refractivity contribution in [2.45, 2.75) is 7.97 Å². The van der Waals surface area contributed by atoms with Gasteiger partial charge in [0.05, 0.1) is 0 Å². The van der Waals surface area contributed by atoms with Gasteiger partial charge in [0.25, 0.3) is 0 Å². The van der Waals surface area contributed by atoms with E-state index in [0.717, 1.165) is 6.42 Å². The molecule has 0 amide bonds. The second-order valence-corrected chi connectivity index (χ2v) is 7.21. The molecular formula is C3H8I2N2. The molecule has 0 rings (SSSR count). The topological polar surface area (TPSA) is 52.0 Å². The summed E-state index contributed by atoms with van der Waals surface area (Å²) in [5, 5.41) is 0. The smallest absolute Gasteiger partial charge is 0.121 e. The molecule has 44 valence electrons. The van der Waals surface area contributed by atoms with E-state index in [0.29, 0.717) is 6.54 Å². The monoisotopic (exact) mass is 326 g/mol. The van der Waals surface area contributed by atoms with Crippen LogP contribution in [0.4, 0.5) is 0 Å². The average Bonchev–Trinajstić information content (AvgIpc) is 1.30. The summed E-state index contributed by atoms with van der Waals surface area (Å²) in [4.78, 5) is 0. The zero-order chi connectivity index (χ0) is 5.91. The summed E-state index contributed by atoms with van der Waals surface area (Å²) in [7, 11) is 0. The third-order valence-corrected chi connectivity index (χ3v) is 1.56. The van der Waals surface area contributed by atoms with E-state index < -0.39 is 0 Å². The van der Waals surface area contributed by atoms with Crippen LogP contribution in [0.3, 0.4) is 0 Å². The second kappa shape index (κ2) is 3.41. The van der Waals surface area contributed by atoms with Gasteiger partial charge in [-0.15, -0.1) is 0 Å². The van der Waals surface area contributed by atoms with Crippen molar-refractivity contribution in [1.29, 1.82) is 0 Å². The summed E-state index contributed by atoms with van der Waals surface area (Å²) in [6, 6.07) is 0. The Hall–Kier alpha value is 1.38. The fourth-order valence-electron chi connectivity index (χ4n) is 0.192. The molecule has 0 saturated heterocycles. The predicted octanol–water partition coefficient (Wildman–Crippen LogP) is 0.818. The van der Waals surface area contributed by atoms with Crippen molar-refractivity contribution in [3.05, 3.63) is 0 Å². The number of alkyl halides is 2. The van der Waals surface area contributed by atoms with E-state index in [2.05, 4.69) is 45.2 Å². The molecule has 0 aromatic heterocycles. The van der Waals surface area contributed by atoms with Crippen LogP contribution in [0.25, 0.3) is 0 Å². The summed E-state index contributed by atoms with van der Waals surface area (Å²) in [5.74, 6) is 0. The van der Waals surface area contributed by atoms with E-state index in [1.165, 1.54) is 0 Å². The molecule has 0 heterocycles. The van der Waals surface area contributed by atoms with Crippen LogP contribution in [0.1, 0.15) is 6.42 Å².